The molecule has 100 valence electrons. The summed E-state index contributed by atoms with van der Waals surface area (Å²) in [6.45, 7) is 1.98. The van der Waals surface area contributed by atoms with Crippen molar-refractivity contribution in [3.63, 3.8) is 0 Å². The van der Waals surface area contributed by atoms with Crippen molar-refractivity contribution >= 4 is 22.4 Å². The van der Waals surface area contributed by atoms with Gasteiger partial charge in [0.1, 0.15) is 6.10 Å². The van der Waals surface area contributed by atoms with E-state index in [1.807, 2.05) is 61.5 Å². The first kappa shape index (κ1) is 13.2. The van der Waals surface area contributed by atoms with Crippen LogP contribution in [0.1, 0.15) is 22.8 Å². The Labute approximate surface area is 123 Å². The monoisotopic (exact) mass is 282 g/mol. The van der Waals surface area contributed by atoms with Gasteiger partial charge in [0.15, 0.2) is 0 Å². The fourth-order valence-electron chi connectivity index (χ4n) is 2.41. The van der Waals surface area contributed by atoms with Gasteiger partial charge < -0.3 is 5.11 Å². The molecular weight excluding hydrogens is 268 g/mol. The number of aliphatic hydroxyl groups excluding tert-OH is 1. The molecule has 1 nitrogen and oxygen atoms in total. The van der Waals surface area contributed by atoms with Crippen LogP contribution in [-0.2, 0) is 0 Å². The van der Waals surface area contributed by atoms with Crippen molar-refractivity contribution in [3.05, 3.63) is 82.4 Å². The van der Waals surface area contributed by atoms with Crippen LogP contribution in [0, 0.1) is 6.92 Å². The Hall–Kier alpha value is -1.83. The van der Waals surface area contributed by atoms with Gasteiger partial charge in [-0.3, -0.25) is 0 Å². The lowest BCUT2D eigenvalue weighted by Gasteiger charge is -2.14. The van der Waals surface area contributed by atoms with E-state index < -0.39 is 6.10 Å². The highest BCUT2D eigenvalue weighted by Crippen LogP contribution is 2.30. The third kappa shape index (κ3) is 2.43. The number of halogens is 1. The molecule has 0 aliphatic rings. The topological polar surface area (TPSA) is 20.2 Å². The molecule has 0 saturated carbocycles. The lowest BCUT2D eigenvalue weighted by Crippen LogP contribution is -2.00. The van der Waals surface area contributed by atoms with Gasteiger partial charge in [0.25, 0.3) is 0 Å². The van der Waals surface area contributed by atoms with Gasteiger partial charge in [-0.05, 0) is 41.0 Å². The molecule has 3 aromatic carbocycles. The number of aryl methyl sites for hydroxylation is 1. The molecule has 3 rings (SSSR count). The van der Waals surface area contributed by atoms with Crippen molar-refractivity contribution in [1.29, 1.82) is 0 Å². The second-order valence-electron chi connectivity index (χ2n) is 5.03. The molecule has 0 amide bonds. The molecule has 0 spiro atoms. The standard InChI is InChI=1S/C18H15ClO/c1-12-6-9-16(17(19)10-12)18(20)15-8-7-13-4-2-3-5-14(13)11-15/h2-11,18,20H,1H3. The molecule has 1 unspecified atom stereocenters. The zero-order chi connectivity index (χ0) is 14.1. The van der Waals surface area contributed by atoms with E-state index in [9.17, 15) is 5.11 Å². The number of hydrogen-bond acceptors (Lipinski definition) is 1. The summed E-state index contributed by atoms with van der Waals surface area (Å²) in [5.41, 5.74) is 2.69. The minimum absolute atomic E-state index is 0.602. The second kappa shape index (κ2) is 5.28. The molecule has 0 radical (unpaired) electrons. The lowest BCUT2D eigenvalue weighted by molar-refractivity contribution is 0.220. The molecular formula is C18H15ClO. The highest BCUT2D eigenvalue weighted by atomic mass is 35.5. The predicted octanol–water partition coefficient (Wildman–Crippen LogP) is 4.88. The molecule has 1 atom stereocenters. The fraction of sp³-hybridized carbons (Fsp3) is 0.111. The number of rotatable bonds is 2. The summed E-state index contributed by atoms with van der Waals surface area (Å²) >= 11 is 6.23. The van der Waals surface area contributed by atoms with Gasteiger partial charge in [0, 0.05) is 10.6 Å². The summed E-state index contributed by atoms with van der Waals surface area (Å²) in [5.74, 6) is 0. The molecule has 20 heavy (non-hydrogen) atoms. The first-order valence-corrected chi connectivity index (χ1v) is 6.96. The van der Waals surface area contributed by atoms with Gasteiger partial charge in [-0.1, -0.05) is 60.1 Å². The number of aliphatic hydroxyl groups is 1. The average Bonchev–Trinajstić information content (AvgIpc) is 2.46. The van der Waals surface area contributed by atoms with Crippen molar-refractivity contribution in [2.45, 2.75) is 13.0 Å². The Kier molecular flexibility index (Phi) is 3.47. The molecule has 0 aromatic heterocycles. The van der Waals surface area contributed by atoms with E-state index in [0.29, 0.717) is 5.02 Å². The largest absolute Gasteiger partial charge is 0.384 e. The van der Waals surface area contributed by atoms with Gasteiger partial charge in [-0.2, -0.15) is 0 Å². The average molecular weight is 283 g/mol. The Balaban J connectivity index is 2.05. The zero-order valence-electron chi connectivity index (χ0n) is 11.2. The first-order valence-electron chi connectivity index (χ1n) is 6.58. The van der Waals surface area contributed by atoms with E-state index >= 15 is 0 Å². The highest BCUT2D eigenvalue weighted by molar-refractivity contribution is 6.31. The van der Waals surface area contributed by atoms with Crippen molar-refractivity contribution in [2.24, 2.45) is 0 Å². The molecule has 1 N–H and O–H groups in total. The van der Waals surface area contributed by atoms with E-state index in [0.717, 1.165) is 22.1 Å². The number of fused-ring (bicyclic) bond motifs is 1. The van der Waals surface area contributed by atoms with E-state index in [1.165, 1.54) is 5.39 Å². The molecule has 0 aliphatic heterocycles. The number of hydrogen-bond donors (Lipinski definition) is 1. The molecule has 0 saturated heterocycles. The summed E-state index contributed by atoms with van der Waals surface area (Å²) in [6, 6.07) is 19.8. The van der Waals surface area contributed by atoms with Crippen LogP contribution >= 0.6 is 11.6 Å². The molecule has 0 aliphatic carbocycles. The lowest BCUT2D eigenvalue weighted by atomic mass is 9.98. The van der Waals surface area contributed by atoms with Gasteiger partial charge in [-0.15, -0.1) is 0 Å². The summed E-state index contributed by atoms with van der Waals surface area (Å²) in [7, 11) is 0. The SMILES string of the molecule is Cc1ccc(C(O)c2ccc3ccccc3c2)c(Cl)c1. The minimum atomic E-state index is -0.701. The molecule has 3 aromatic rings. The van der Waals surface area contributed by atoms with Crippen LogP contribution in [0.5, 0.6) is 0 Å². The van der Waals surface area contributed by atoms with Crippen LogP contribution in [0.3, 0.4) is 0 Å². The molecule has 0 fully saturated rings. The maximum atomic E-state index is 10.5. The smallest absolute Gasteiger partial charge is 0.106 e. The van der Waals surface area contributed by atoms with Crippen LogP contribution in [0.4, 0.5) is 0 Å². The Morgan fingerprint density at radius 3 is 2.40 bits per heavy atom. The molecule has 0 heterocycles. The quantitative estimate of drug-likeness (QED) is 0.710. The van der Waals surface area contributed by atoms with E-state index in [1.54, 1.807) is 0 Å². The fourth-order valence-corrected chi connectivity index (χ4v) is 2.75. The van der Waals surface area contributed by atoms with Crippen LogP contribution < -0.4 is 0 Å². The van der Waals surface area contributed by atoms with Crippen molar-refractivity contribution < 1.29 is 5.11 Å². The molecule has 0 bridgehead atoms. The van der Waals surface area contributed by atoms with E-state index in [4.69, 9.17) is 11.6 Å². The Morgan fingerprint density at radius 2 is 1.65 bits per heavy atom. The van der Waals surface area contributed by atoms with E-state index in [2.05, 4.69) is 6.07 Å². The predicted molar refractivity (Wildman–Crippen MR) is 84.2 cm³/mol. The normalized spacial score (nSPS) is 12.6. The minimum Gasteiger partial charge on any atom is -0.384 e. The maximum Gasteiger partial charge on any atom is 0.106 e. The number of benzene rings is 3. The Bertz CT molecular complexity index is 764. The Morgan fingerprint density at radius 1 is 0.900 bits per heavy atom. The maximum absolute atomic E-state index is 10.5. The summed E-state index contributed by atoms with van der Waals surface area (Å²) in [6.07, 6.45) is -0.701. The van der Waals surface area contributed by atoms with Crippen LogP contribution in [0.2, 0.25) is 5.02 Å². The van der Waals surface area contributed by atoms with Crippen molar-refractivity contribution in [3.8, 4) is 0 Å². The summed E-state index contributed by atoms with van der Waals surface area (Å²) in [4.78, 5) is 0. The zero-order valence-corrected chi connectivity index (χ0v) is 11.9. The van der Waals surface area contributed by atoms with E-state index in [-0.39, 0.29) is 0 Å². The van der Waals surface area contributed by atoms with Gasteiger partial charge in [-0.25, -0.2) is 0 Å². The summed E-state index contributed by atoms with van der Waals surface area (Å²) < 4.78 is 0. The van der Waals surface area contributed by atoms with Crippen molar-refractivity contribution in [2.75, 3.05) is 0 Å². The second-order valence-corrected chi connectivity index (χ2v) is 5.44. The van der Waals surface area contributed by atoms with Crippen LogP contribution in [-0.4, -0.2) is 5.11 Å². The van der Waals surface area contributed by atoms with Crippen LogP contribution in [0.15, 0.2) is 60.7 Å². The molecule has 2 heteroatoms. The van der Waals surface area contributed by atoms with Gasteiger partial charge in [0.2, 0.25) is 0 Å². The van der Waals surface area contributed by atoms with Crippen molar-refractivity contribution in [1.82, 2.24) is 0 Å². The third-order valence-corrected chi connectivity index (χ3v) is 3.87. The highest BCUT2D eigenvalue weighted by Gasteiger charge is 2.14. The van der Waals surface area contributed by atoms with Crippen LogP contribution in [0.25, 0.3) is 10.8 Å². The van der Waals surface area contributed by atoms with Gasteiger partial charge in [0.05, 0.1) is 0 Å². The van der Waals surface area contributed by atoms with Gasteiger partial charge >= 0.3 is 0 Å². The first-order chi connectivity index (χ1) is 9.65. The summed E-state index contributed by atoms with van der Waals surface area (Å²) in [5, 5.41) is 13.4. The third-order valence-electron chi connectivity index (χ3n) is 3.54.